The van der Waals surface area contributed by atoms with Crippen molar-refractivity contribution in [1.29, 1.82) is 0 Å². The number of hydrogen-bond donors (Lipinski definition) is 0. The van der Waals surface area contributed by atoms with E-state index in [2.05, 4.69) is 15.5 Å². The van der Waals surface area contributed by atoms with E-state index < -0.39 is 5.97 Å². The molecule has 0 atom stereocenters. The van der Waals surface area contributed by atoms with Gasteiger partial charge in [-0.2, -0.15) is 0 Å². The molecule has 1 aromatic heterocycles. The number of carbonyl (C=O) groups excluding carboxylic acids is 1. The molecule has 0 aliphatic rings. The first-order valence-electron chi connectivity index (χ1n) is 6.39. The lowest BCUT2D eigenvalue weighted by molar-refractivity contribution is 0.0505. The van der Waals surface area contributed by atoms with Crippen LogP contribution in [0.5, 0.6) is 5.75 Å². The molecule has 0 aliphatic carbocycles. The Morgan fingerprint density at radius 2 is 1.95 bits per heavy atom. The zero-order chi connectivity index (χ0) is 14.4. The first-order valence-corrected chi connectivity index (χ1v) is 6.39. The Kier molecular flexibility index (Phi) is 4.65. The van der Waals surface area contributed by atoms with Gasteiger partial charge in [-0.05, 0) is 42.0 Å². The average molecular weight is 276 g/mol. The van der Waals surface area contributed by atoms with Gasteiger partial charge in [0.2, 0.25) is 0 Å². The van der Waals surface area contributed by atoms with E-state index in [-0.39, 0.29) is 12.4 Å². The molecule has 106 valence electrons. The van der Waals surface area contributed by atoms with Gasteiger partial charge in [0.15, 0.2) is 0 Å². The van der Waals surface area contributed by atoms with Crippen LogP contribution in [0.2, 0.25) is 0 Å². The van der Waals surface area contributed by atoms with Gasteiger partial charge < -0.3 is 9.47 Å². The molecule has 2 rings (SSSR count). The highest BCUT2D eigenvalue weighted by Gasteiger charge is 2.16. The third-order valence-corrected chi connectivity index (χ3v) is 2.56. The first kappa shape index (κ1) is 14.0. The van der Waals surface area contributed by atoms with Crippen molar-refractivity contribution in [3.05, 3.63) is 35.7 Å². The minimum absolute atomic E-state index is 0.0979. The van der Waals surface area contributed by atoms with Gasteiger partial charge in [0.05, 0.1) is 19.8 Å². The predicted molar refractivity (Wildman–Crippen MR) is 70.5 cm³/mol. The maximum atomic E-state index is 11.7. The summed E-state index contributed by atoms with van der Waals surface area (Å²) in [5.74, 6) is 0.378. The number of hydrogen-bond acceptors (Lipinski definition) is 6. The lowest BCUT2D eigenvalue weighted by atomic mass is 10.2. The molecule has 2 aromatic rings. The molecule has 0 spiro atoms. The molecule has 0 N–H and O–H groups in total. The number of carbonyl (C=O) groups is 1. The largest absolute Gasteiger partial charge is 0.494 e. The molecule has 1 aromatic carbocycles. The highest BCUT2D eigenvalue weighted by atomic mass is 16.5. The topological polar surface area (TPSA) is 79.1 Å². The smallest absolute Gasteiger partial charge is 0.378 e. The quantitative estimate of drug-likeness (QED) is 0.740. The van der Waals surface area contributed by atoms with Crippen LogP contribution < -0.4 is 4.74 Å². The fraction of sp³-hybridized carbons (Fsp3) is 0.385. The average Bonchev–Trinajstić information content (AvgIpc) is 2.90. The van der Waals surface area contributed by atoms with Crippen LogP contribution in [0, 0.1) is 0 Å². The Morgan fingerprint density at radius 3 is 2.60 bits per heavy atom. The van der Waals surface area contributed by atoms with Crippen LogP contribution >= 0.6 is 0 Å². The van der Waals surface area contributed by atoms with Gasteiger partial charge in [0.1, 0.15) is 5.75 Å². The Balaban J connectivity index is 2.10. The molecule has 0 bridgehead atoms. The van der Waals surface area contributed by atoms with Crippen LogP contribution in [-0.4, -0.2) is 39.4 Å². The Bertz CT molecular complexity index is 565. The van der Waals surface area contributed by atoms with Crippen LogP contribution in [0.1, 0.15) is 30.0 Å². The number of nitrogens with zero attached hydrogens (tertiary/aromatic N) is 4. The van der Waals surface area contributed by atoms with Crippen LogP contribution in [0.25, 0.3) is 0 Å². The van der Waals surface area contributed by atoms with Crippen molar-refractivity contribution < 1.29 is 14.3 Å². The second kappa shape index (κ2) is 6.65. The standard InChI is InChI=1S/C13H16N4O3/c1-3-19-11-7-5-10(6-8-11)9-17-12(14-15-16-17)13(18)20-4-2/h5-8H,3-4,9H2,1-2H3. The van der Waals surface area contributed by atoms with Gasteiger partial charge in [-0.25, -0.2) is 9.48 Å². The number of aromatic nitrogens is 4. The van der Waals surface area contributed by atoms with Crippen molar-refractivity contribution in [1.82, 2.24) is 20.2 Å². The lowest BCUT2D eigenvalue weighted by Gasteiger charge is -2.06. The molecule has 1 heterocycles. The first-order chi connectivity index (χ1) is 9.74. The Morgan fingerprint density at radius 1 is 1.20 bits per heavy atom. The second-order valence-electron chi connectivity index (χ2n) is 3.96. The van der Waals surface area contributed by atoms with Gasteiger partial charge >= 0.3 is 5.97 Å². The summed E-state index contributed by atoms with van der Waals surface area (Å²) in [5.41, 5.74) is 0.964. The monoisotopic (exact) mass is 276 g/mol. The van der Waals surface area contributed by atoms with E-state index in [1.165, 1.54) is 4.68 Å². The summed E-state index contributed by atoms with van der Waals surface area (Å²) in [4.78, 5) is 11.7. The summed E-state index contributed by atoms with van der Waals surface area (Å²) in [6.07, 6.45) is 0. The van der Waals surface area contributed by atoms with Crippen molar-refractivity contribution in [2.45, 2.75) is 20.4 Å². The van der Waals surface area contributed by atoms with Crippen LogP contribution in [0.15, 0.2) is 24.3 Å². The minimum atomic E-state index is -0.525. The third kappa shape index (κ3) is 3.31. The van der Waals surface area contributed by atoms with E-state index in [9.17, 15) is 4.79 Å². The molecule has 0 amide bonds. The van der Waals surface area contributed by atoms with Crippen molar-refractivity contribution in [2.75, 3.05) is 13.2 Å². The number of benzene rings is 1. The highest BCUT2D eigenvalue weighted by molar-refractivity contribution is 5.85. The third-order valence-electron chi connectivity index (χ3n) is 2.56. The molecule has 20 heavy (non-hydrogen) atoms. The maximum absolute atomic E-state index is 11.7. The molecule has 7 heteroatoms. The van der Waals surface area contributed by atoms with Crippen LogP contribution in [-0.2, 0) is 11.3 Å². The van der Waals surface area contributed by atoms with Crippen molar-refractivity contribution in [3.63, 3.8) is 0 Å². The normalized spacial score (nSPS) is 10.3. The molecular formula is C13H16N4O3. The van der Waals surface area contributed by atoms with E-state index >= 15 is 0 Å². The summed E-state index contributed by atoms with van der Waals surface area (Å²) in [6.45, 7) is 4.97. The SMILES string of the molecule is CCOC(=O)c1nnnn1Cc1ccc(OCC)cc1. The van der Waals surface area contributed by atoms with Gasteiger partial charge in [0, 0.05) is 0 Å². The fourth-order valence-electron chi connectivity index (χ4n) is 1.68. The van der Waals surface area contributed by atoms with Gasteiger partial charge in [-0.3, -0.25) is 0 Å². The van der Waals surface area contributed by atoms with Crippen LogP contribution in [0.4, 0.5) is 0 Å². The maximum Gasteiger partial charge on any atom is 0.378 e. The summed E-state index contributed by atoms with van der Waals surface area (Å²) in [7, 11) is 0. The van der Waals surface area contributed by atoms with E-state index in [1.807, 2.05) is 31.2 Å². The number of tetrazole rings is 1. The fourth-order valence-corrected chi connectivity index (χ4v) is 1.68. The molecule has 7 nitrogen and oxygen atoms in total. The summed E-state index contributed by atoms with van der Waals surface area (Å²) in [6, 6.07) is 7.55. The lowest BCUT2D eigenvalue weighted by Crippen LogP contribution is -2.15. The Hall–Kier alpha value is -2.44. The molecule has 0 radical (unpaired) electrons. The molecule has 0 unspecified atom stereocenters. The summed E-state index contributed by atoms with van der Waals surface area (Å²) >= 11 is 0. The predicted octanol–water partition coefficient (Wildman–Crippen LogP) is 1.30. The zero-order valence-electron chi connectivity index (χ0n) is 11.4. The van der Waals surface area contributed by atoms with Crippen molar-refractivity contribution in [2.24, 2.45) is 0 Å². The van der Waals surface area contributed by atoms with E-state index in [0.717, 1.165) is 11.3 Å². The molecule has 0 saturated heterocycles. The van der Waals surface area contributed by atoms with Crippen molar-refractivity contribution in [3.8, 4) is 5.75 Å². The van der Waals surface area contributed by atoms with Gasteiger partial charge in [-0.15, -0.1) is 5.10 Å². The number of esters is 1. The molecule has 0 fully saturated rings. The molecule has 0 saturated carbocycles. The molecular weight excluding hydrogens is 260 g/mol. The van der Waals surface area contributed by atoms with Gasteiger partial charge in [-0.1, -0.05) is 12.1 Å². The summed E-state index contributed by atoms with van der Waals surface area (Å²) < 4.78 is 11.7. The van der Waals surface area contributed by atoms with Gasteiger partial charge in [0.25, 0.3) is 5.82 Å². The van der Waals surface area contributed by atoms with Crippen LogP contribution in [0.3, 0.4) is 0 Å². The van der Waals surface area contributed by atoms with Crippen molar-refractivity contribution >= 4 is 5.97 Å². The second-order valence-corrected chi connectivity index (χ2v) is 3.96. The van der Waals surface area contributed by atoms with E-state index in [4.69, 9.17) is 9.47 Å². The number of rotatable bonds is 6. The summed E-state index contributed by atoms with van der Waals surface area (Å²) in [5, 5.41) is 11.0. The zero-order valence-corrected chi connectivity index (χ0v) is 11.4. The number of ether oxygens (including phenoxy) is 2. The van der Waals surface area contributed by atoms with E-state index in [1.54, 1.807) is 6.92 Å². The minimum Gasteiger partial charge on any atom is -0.494 e. The Labute approximate surface area is 116 Å². The highest BCUT2D eigenvalue weighted by Crippen LogP contribution is 2.13. The molecule has 0 aliphatic heterocycles. The van der Waals surface area contributed by atoms with E-state index in [0.29, 0.717) is 13.2 Å².